The van der Waals surface area contributed by atoms with E-state index in [0.717, 1.165) is 0 Å². The van der Waals surface area contributed by atoms with Crippen LogP contribution in [0.2, 0.25) is 0 Å². The third kappa shape index (κ3) is 7.59. The van der Waals surface area contributed by atoms with Crippen LogP contribution in [0.25, 0.3) is 0 Å². The summed E-state index contributed by atoms with van der Waals surface area (Å²) in [6, 6.07) is 6.05. The average molecular weight is 338 g/mol. The maximum atomic E-state index is 11.9. The lowest BCUT2D eigenvalue weighted by molar-refractivity contribution is -0.121. The van der Waals surface area contributed by atoms with Gasteiger partial charge < -0.3 is 24.8 Å². The molecule has 1 aromatic carbocycles. The van der Waals surface area contributed by atoms with Gasteiger partial charge in [-0.2, -0.15) is 0 Å². The summed E-state index contributed by atoms with van der Waals surface area (Å²) in [6.07, 6.45) is -0.509. The molecule has 0 bridgehead atoms. The minimum Gasteiger partial charge on any atom is -0.434 e. The first-order valence-electron chi connectivity index (χ1n) is 7.55. The largest absolute Gasteiger partial charge is 0.513 e. The van der Waals surface area contributed by atoms with Crippen LogP contribution in [-0.4, -0.2) is 51.4 Å². The van der Waals surface area contributed by atoms with E-state index in [1.54, 1.807) is 6.92 Å². The smallest absolute Gasteiger partial charge is 0.434 e. The standard InChI is InChI=1S/C16H22N2O6/c1-3-23-16(21)24-13-6-4-12(5-7-13)15(20)18-10-9-17-14(19)8-11-22-2/h4-7H,3,8-11H2,1-2H3,(H,17,19)(H,18,20). The van der Waals surface area contributed by atoms with Crippen LogP contribution in [-0.2, 0) is 14.3 Å². The zero-order valence-corrected chi connectivity index (χ0v) is 13.8. The molecule has 1 rings (SSSR count). The fourth-order valence-corrected chi connectivity index (χ4v) is 1.68. The molecule has 1 aromatic rings. The van der Waals surface area contributed by atoms with Gasteiger partial charge in [-0.25, -0.2) is 4.79 Å². The Morgan fingerprint density at radius 2 is 1.71 bits per heavy atom. The number of hydrogen-bond donors (Lipinski definition) is 2. The third-order valence-electron chi connectivity index (χ3n) is 2.85. The number of carbonyl (C=O) groups excluding carboxylic acids is 3. The van der Waals surface area contributed by atoms with Crippen LogP contribution < -0.4 is 15.4 Å². The normalized spacial score (nSPS) is 9.92. The Balaban J connectivity index is 2.32. The van der Waals surface area contributed by atoms with Gasteiger partial charge in [0, 0.05) is 32.2 Å². The number of benzene rings is 1. The first-order chi connectivity index (χ1) is 11.6. The van der Waals surface area contributed by atoms with Gasteiger partial charge in [-0.05, 0) is 31.2 Å². The first-order valence-corrected chi connectivity index (χ1v) is 7.55. The maximum absolute atomic E-state index is 11.9. The average Bonchev–Trinajstić information content (AvgIpc) is 2.57. The van der Waals surface area contributed by atoms with E-state index in [9.17, 15) is 14.4 Å². The zero-order chi connectivity index (χ0) is 17.8. The highest BCUT2D eigenvalue weighted by Crippen LogP contribution is 2.12. The molecular weight excluding hydrogens is 316 g/mol. The van der Waals surface area contributed by atoms with Gasteiger partial charge in [-0.1, -0.05) is 0 Å². The molecule has 0 fully saturated rings. The van der Waals surface area contributed by atoms with Crippen LogP contribution >= 0.6 is 0 Å². The highest BCUT2D eigenvalue weighted by Gasteiger charge is 2.08. The number of ether oxygens (including phenoxy) is 3. The second-order valence-corrected chi connectivity index (χ2v) is 4.66. The number of amides is 2. The number of carbonyl (C=O) groups is 3. The van der Waals surface area contributed by atoms with Gasteiger partial charge in [0.05, 0.1) is 13.2 Å². The van der Waals surface area contributed by atoms with Crippen LogP contribution in [0.3, 0.4) is 0 Å². The molecule has 2 N–H and O–H groups in total. The summed E-state index contributed by atoms with van der Waals surface area (Å²) in [5.74, 6) is -0.134. The van der Waals surface area contributed by atoms with Gasteiger partial charge in [-0.3, -0.25) is 9.59 Å². The van der Waals surface area contributed by atoms with E-state index >= 15 is 0 Å². The van der Waals surface area contributed by atoms with Crippen molar-refractivity contribution in [1.29, 1.82) is 0 Å². The highest BCUT2D eigenvalue weighted by molar-refractivity contribution is 5.94. The van der Waals surface area contributed by atoms with E-state index in [2.05, 4.69) is 15.4 Å². The highest BCUT2D eigenvalue weighted by atomic mass is 16.7. The molecule has 8 nitrogen and oxygen atoms in total. The molecule has 0 saturated carbocycles. The fourth-order valence-electron chi connectivity index (χ4n) is 1.68. The first kappa shape index (κ1) is 19.4. The van der Waals surface area contributed by atoms with Gasteiger partial charge in [0.1, 0.15) is 5.75 Å². The van der Waals surface area contributed by atoms with E-state index in [1.165, 1.54) is 31.4 Å². The SMILES string of the molecule is CCOC(=O)Oc1ccc(C(=O)NCCNC(=O)CCOC)cc1. The van der Waals surface area contributed by atoms with E-state index in [4.69, 9.17) is 9.47 Å². The van der Waals surface area contributed by atoms with Gasteiger partial charge in [0.2, 0.25) is 5.91 Å². The second-order valence-electron chi connectivity index (χ2n) is 4.66. The number of rotatable bonds is 9. The van der Waals surface area contributed by atoms with E-state index in [-0.39, 0.29) is 30.6 Å². The lowest BCUT2D eigenvalue weighted by Crippen LogP contribution is -2.34. The molecule has 0 saturated heterocycles. The number of methoxy groups -OCH3 is 1. The van der Waals surface area contributed by atoms with Gasteiger partial charge in [-0.15, -0.1) is 0 Å². The van der Waals surface area contributed by atoms with Crippen molar-refractivity contribution in [3.63, 3.8) is 0 Å². The monoisotopic (exact) mass is 338 g/mol. The lowest BCUT2D eigenvalue weighted by Gasteiger charge is -2.08. The molecule has 0 heterocycles. The molecule has 0 atom stereocenters. The Kier molecular flexibility index (Phi) is 8.91. The van der Waals surface area contributed by atoms with Gasteiger partial charge in [0.25, 0.3) is 5.91 Å². The number of hydrogen-bond acceptors (Lipinski definition) is 6. The van der Waals surface area contributed by atoms with Crippen LogP contribution in [0.1, 0.15) is 23.7 Å². The van der Waals surface area contributed by atoms with Crippen molar-refractivity contribution in [2.75, 3.05) is 33.4 Å². The summed E-state index contributed by atoms with van der Waals surface area (Å²) in [7, 11) is 1.52. The Labute approximate surface area is 140 Å². The molecule has 0 aliphatic rings. The lowest BCUT2D eigenvalue weighted by atomic mass is 10.2. The Hall–Kier alpha value is -2.61. The fraction of sp³-hybridized carbons (Fsp3) is 0.438. The predicted molar refractivity (Wildman–Crippen MR) is 85.9 cm³/mol. The topological polar surface area (TPSA) is 103 Å². The minimum absolute atomic E-state index is 0.133. The van der Waals surface area contributed by atoms with Crippen molar-refractivity contribution in [3.05, 3.63) is 29.8 Å². The second kappa shape index (κ2) is 11.0. The van der Waals surface area contributed by atoms with Crippen molar-refractivity contribution in [2.45, 2.75) is 13.3 Å². The summed E-state index contributed by atoms with van der Waals surface area (Å²) in [5, 5.41) is 5.34. The van der Waals surface area contributed by atoms with Gasteiger partial charge >= 0.3 is 6.16 Å². The van der Waals surface area contributed by atoms with E-state index in [0.29, 0.717) is 25.3 Å². The molecule has 0 radical (unpaired) electrons. The van der Waals surface area contributed by atoms with Crippen molar-refractivity contribution in [3.8, 4) is 5.75 Å². The quantitative estimate of drug-likeness (QED) is 0.397. The summed E-state index contributed by atoms with van der Waals surface area (Å²) in [4.78, 5) is 34.4. The molecule has 0 aliphatic carbocycles. The molecule has 0 spiro atoms. The Morgan fingerprint density at radius 3 is 2.33 bits per heavy atom. The molecule has 8 heteroatoms. The van der Waals surface area contributed by atoms with Crippen LogP contribution in [0.4, 0.5) is 4.79 Å². The van der Waals surface area contributed by atoms with E-state index < -0.39 is 6.16 Å². The summed E-state index contributed by atoms with van der Waals surface area (Å²) in [5.41, 5.74) is 0.414. The molecule has 0 aliphatic heterocycles. The molecule has 24 heavy (non-hydrogen) atoms. The molecule has 0 aromatic heterocycles. The van der Waals surface area contributed by atoms with Crippen molar-refractivity contribution >= 4 is 18.0 Å². The van der Waals surface area contributed by atoms with Crippen molar-refractivity contribution < 1.29 is 28.6 Å². The summed E-state index contributed by atoms with van der Waals surface area (Å²) < 4.78 is 14.3. The van der Waals surface area contributed by atoms with Crippen LogP contribution in [0.5, 0.6) is 5.75 Å². The summed E-state index contributed by atoms with van der Waals surface area (Å²) >= 11 is 0. The minimum atomic E-state index is -0.793. The predicted octanol–water partition coefficient (Wildman–Crippen LogP) is 1.10. The molecular formula is C16H22N2O6. The van der Waals surface area contributed by atoms with Gasteiger partial charge in [0.15, 0.2) is 0 Å². The third-order valence-corrected chi connectivity index (χ3v) is 2.85. The van der Waals surface area contributed by atoms with Crippen LogP contribution in [0, 0.1) is 0 Å². The molecule has 132 valence electrons. The summed E-state index contributed by atoms with van der Waals surface area (Å²) in [6.45, 7) is 2.89. The number of nitrogens with one attached hydrogen (secondary N) is 2. The molecule has 0 unspecified atom stereocenters. The molecule has 2 amide bonds. The zero-order valence-electron chi connectivity index (χ0n) is 13.8. The van der Waals surface area contributed by atoms with E-state index in [1.807, 2.05) is 0 Å². The van der Waals surface area contributed by atoms with Crippen molar-refractivity contribution in [1.82, 2.24) is 10.6 Å². The van der Waals surface area contributed by atoms with Crippen LogP contribution in [0.15, 0.2) is 24.3 Å². The van der Waals surface area contributed by atoms with Crippen molar-refractivity contribution in [2.24, 2.45) is 0 Å². The maximum Gasteiger partial charge on any atom is 0.513 e. The Bertz CT molecular complexity index is 544. The Morgan fingerprint density at radius 1 is 1.04 bits per heavy atom.